The van der Waals surface area contributed by atoms with Crippen molar-refractivity contribution in [3.05, 3.63) is 66.2 Å². The van der Waals surface area contributed by atoms with Crippen molar-refractivity contribution >= 4 is 0 Å². The van der Waals surface area contributed by atoms with Crippen LogP contribution < -0.4 is 4.74 Å². The van der Waals surface area contributed by atoms with Gasteiger partial charge in [0.05, 0.1) is 6.61 Å². The molecule has 0 spiro atoms. The van der Waals surface area contributed by atoms with Crippen molar-refractivity contribution < 1.29 is 19.0 Å². The Hall–Kier alpha value is -2.63. The largest absolute Gasteiger partial charge is 0.457 e. The number of aromatic nitrogens is 1. The molecule has 2 aromatic carbocycles. The van der Waals surface area contributed by atoms with Crippen LogP contribution in [0.5, 0.6) is 11.5 Å². The van der Waals surface area contributed by atoms with Crippen molar-refractivity contribution in [2.45, 2.75) is 31.6 Å². The Morgan fingerprint density at radius 3 is 2.64 bits per heavy atom. The number of nitrogens with zero attached hydrogens (tertiary/aromatic N) is 1. The van der Waals surface area contributed by atoms with Gasteiger partial charge in [0.25, 0.3) is 0 Å². The van der Waals surface area contributed by atoms with E-state index in [1.54, 1.807) is 6.26 Å². The van der Waals surface area contributed by atoms with Crippen molar-refractivity contribution in [2.75, 3.05) is 19.8 Å². The summed E-state index contributed by atoms with van der Waals surface area (Å²) in [5, 5.41) is 8.80. The Bertz CT molecular complexity index is 884. The molecule has 0 aliphatic heterocycles. The molecular formula is C23H25NO4. The second kappa shape index (κ2) is 9.04. The second-order valence-corrected chi connectivity index (χ2v) is 7.02. The highest BCUT2D eigenvalue weighted by Gasteiger charge is 2.28. The van der Waals surface area contributed by atoms with Crippen LogP contribution in [0.1, 0.15) is 36.6 Å². The normalized spacial score (nSPS) is 13.6. The maximum Gasteiger partial charge on any atom is 0.197 e. The quantitative estimate of drug-likeness (QED) is 0.505. The number of rotatable bonds is 10. The van der Waals surface area contributed by atoms with Crippen molar-refractivity contribution in [1.29, 1.82) is 0 Å². The molecule has 4 rings (SSSR count). The Kier molecular flexibility index (Phi) is 6.04. The summed E-state index contributed by atoms with van der Waals surface area (Å²) < 4.78 is 17.2. The summed E-state index contributed by atoms with van der Waals surface area (Å²) in [5.74, 6) is 2.98. The van der Waals surface area contributed by atoms with Gasteiger partial charge in [0.2, 0.25) is 0 Å². The number of hydrogen-bond acceptors (Lipinski definition) is 5. The number of aliphatic hydroxyl groups excluding tert-OH is 1. The molecule has 1 saturated carbocycles. The maximum atomic E-state index is 8.80. The van der Waals surface area contributed by atoms with E-state index in [1.165, 1.54) is 12.8 Å². The van der Waals surface area contributed by atoms with E-state index in [-0.39, 0.29) is 6.61 Å². The SMILES string of the molecule is OCCCOCCc1ccccc1Oc1ccc(-c2coc(C3CC3)n2)cc1. The smallest absolute Gasteiger partial charge is 0.197 e. The molecule has 1 heterocycles. The number of ether oxygens (including phenoxy) is 2. The minimum Gasteiger partial charge on any atom is -0.457 e. The van der Waals surface area contributed by atoms with Gasteiger partial charge in [0, 0.05) is 24.7 Å². The molecule has 0 radical (unpaired) electrons. The summed E-state index contributed by atoms with van der Waals surface area (Å²) in [7, 11) is 0. The van der Waals surface area contributed by atoms with Gasteiger partial charge < -0.3 is 19.0 Å². The minimum atomic E-state index is 0.159. The highest BCUT2D eigenvalue weighted by molar-refractivity contribution is 5.59. The molecule has 0 amide bonds. The molecule has 0 bridgehead atoms. The first-order valence-electron chi connectivity index (χ1n) is 9.83. The van der Waals surface area contributed by atoms with Crippen LogP contribution in [0.4, 0.5) is 0 Å². The van der Waals surface area contributed by atoms with Gasteiger partial charge in [-0.1, -0.05) is 18.2 Å². The summed E-state index contributed by atoms with van der Waals surface area (Å²) in [6, 6.07) is 15.9. The third kappa shape index (κ3) is 4.80. The lowest BCUT2D eigenvalue weighted by atomic mass is 10.1. The van der Waals surface area contributed by atoms with Crippen LogP contribution in [0.15, 0.2) is 59.2 Å². The van der Waals surface area contributed by atoms with Crippen LogP contribution in [0.3, 0.4) is 0 Å². The minimum absolute atomic E-state index is 0.159. The fraction of sp³-hybridized carbons (Fsp3) is 0.348. The molecule has 0 saturated heterocycles. The number of hydrogen-bond donors (Lipinski definition) is 1. The Morgan fingerprint density at radius 1 is 1.04 bits per heavy atom. The van der Waals surface area contributed by atoms with Crippen LogP contribution in [0, 0.1) is 0 Å². The fourth-order valence-corrected chi connectivity index (χ4v) is 3.02. The molecule has 1 aliphatic carbocycles. The molecule has 5 heteroatoms. The standard InChI is InChI=1S/C23H25NO4/c25-13-3-14-26-15-12-18-4-1-2-5-22(18)28-20-10-8-17(9-11-20)21-16-27-23(24-21)19-6-7-19/h1-2,4-5,8-11,16,19,25H,3,6-7,12-15H2. The van der Waals surface area contributed by atoms with E-state index in [0.717, 1.165) is 40.6 Å². The van der Waals surface area contributed by atoms with Gasteiger partial charge >= 0.3 is 0 Å². The fourth-order valence-electron chi connectivity index (χ4n) is 3.02. The number of oxazole rings is 1. The zero-order valence-electron chi connectivity index (χ0n) is 15.8. The predicted octanol–water partition coefficient (Wildman–Crippen LogP) is 4.95. The van der Waals surface area contributed by atoms with Crippen LogP contribution in [0.25, 0.3) is 11.3 Å². The zero-order chi connectivity index (χ0) is 19.2. The van der Waals surface area contributed by atoms with E-state index in [0.29, 0.717) is 25.6 Å². The van der Waals surface area contributed by atoms with Crippen molar-refractivity contribution in [2.24, 2.45) is 0 Å². The Balaban J connectivity index is 1.38. The van der Waals surface area contributed by atoms with Gasteiger partial charge in [0.15, 0.2) is 5.89 Å². The number of aliphatic hydroxyl groups is 1. The van der Waals surface area contributed by atoms with Gasteiger partial charge in [-0.05, 0) is 61.6 Å². The molecular weight excluding hydrogens is 354 g/mol. The van der Waals surface area contributed by atoms with Crippen LogP contribution in [-0.4, -0.2) is 29.9 Å². The number of para-hydroxylation sites is 1. The predicted molar refractivity (Wildman–Crippen MR) is 107 cm³/mol. The molecule has 1 fully saturated rings. The molecule has 28 heavy (non-hydrogen) atoms. The first-order chi connectivity index (χ1) is 13.8. The lowest BCUT2D eigenvalue weighted by molar-refractivity contribution is 0.118. The maximum absolute atomic E-state index is 8.80. The van der Waals surface area contributed by atoms with E-state index < -0.39 is 0 Å². The topological polar surface area (TPSA) is 64.7 Å². The van der Waals surface area contributed by atoms with Gasteiger partial charge in [-0.2, -0.15) is 0 Å². The van der Waals surface area contributed by atoms with Gasteiger partial charge in [0.1, 0.15) is 23.5 Å². The molecule has 3 aromatic rings. The Labute approximate surface area is 164 Å². The molecule has 1 N–H and O–H groups in total. The highest BCUT2D eigenvalue weighted by Crippen LogP contribution is 2.40. The van der Waals surface area contributed by atoms with E-state index >= 15 is 0 Å². The van der Waals surface area contributed by atoms with Crippen LogP contribution in [0.2, 0.25) is 0 Å². The van der Waals surface area contributed by atoms with Gasteiger partial charge in [-0.15, -0.1) is 0 Å². The molecule has 0 atom stereocenters. The van der Waals surface area contributed by atoms with Gasteiger partial charge in [-0.25, -0.2) is 4.98 Å². The molecule has 0 unspecified atom stereocenters. The summed E-state index contributed by atoms with van der Waals surface area (Å²) >= 11 is 0. The highest BCUT2D eigenvalue weighted by atomic mass is 16.5. The molecule has 5 nitrogen and oxygen atoms in total. The molecule has 146 valence electrons. The van der Waals surface area contributed by atoms with Gasteiger partial charge in [-0.3, -0.25) is 0 Å². The monoisotopic (exact) mass is 379 g/mol. The van der Waals surface area contributed by atoms with E-state index in [2.05, 4.69) is 4.98 Å². The Morgan fingerprint density at radius 2 is 1.86 bits per heavy atom. The molecule has 1 aromatic heterocycles. The average Bonchev–Trinajstić information content (AvgIpc) is 3.46. The van der Waals surface area contributed by atoms with E-state index in [1.807, 2.05) is 48.5 Å². The van der Waals surface area contributed by atoms with Crippen LogP contribution in [-0.2, 0) is 11.2 Å². The average molecular weight is 379 g/mol. The van der Waals surface area contributed by atoms with Crippen LogP contribution >= 0.6 is 0 Å². The number of benzene rings is 2. The summed E-state index contributed by atoms with van der Waals surface area (Å²) in [5.41, 5.74) is 2.99. The summed E-state index contributed by atoms with van der Waals surface area (Å²) in [6.07, 6.45) is 5.52. The zero-order valence-corrected chi connectivity index (χ0v) is 15.8. The van der Waals surface area contributed by atoms with Crippen molar-refractivity contribution in [3.8, 4) is 22.8 Å². The van der Waals surface area contributed by atoms with E-state index in [4.69, 9.17) is 19.0 Å². The first kappa shape index (κ1) is 18.7. The third-order valence-corrected chi connectivity index (χ3v) is 4.76. The second-order valence-electron chi connectivity index (χ2n) is 7.02. The summed E-state index contributed by atoms with van der Waals surface area (Å²) in [6.45, 7) is 1.34. The van der Waals surface area contributed by atoms with Crippen molar-refractivity contribution in [1.82, 2.24) is 4.98 Å². The molecule has 1 aliphatic rings. The van der Waals surface area contributed by atoms with Crippen molar-refractivity contribution in [3.63, 3.8) is 0 Å². The first-order valence-corrected chi connectivity index (χ1v) is 9.83. The summed E-state index contributed by atoms with van der Waals surface area (Å²) in [4.78, 5) is 4.59. The lowest BCUT2D eigenvalue weighted by Gasteiger charge is -2.11. The van der Waals surface area contributed by atoms with E-state index in [9.17, 15) is 0 Å². The third-order valence-electron chi connectivity index (χ3n) is 4.76. The lowest BCUT2D eigenvalue weighted by Crippen LogP contribution is -2.03.